The van der Waals surface area contributed by atoms with Gasteiger partial charge < -0.3 is 15.7 Å². The fraction of sp³-hybridized carbons (Fsp3) is 0.833. The van der Waals surface area contributed by atoms with E-state index in [1.807, 2.05) is 0 Å². The van der Waals surface area contributed by atoms with Crippen molar-refractivity contribution in [1.29, 1.82) is 0 Å². The zero-order valence-electron chi connectivity index (χ0n) is 12.6. The Kier molecular flexibility index (Phi) is 6.46. The first-order valence-corrected chi connectivity index (χ1v) is 8.03. The van der Waals surface area contributed by atoms with Crippen LogP contribution in [0.1, 0.15) is 34.6 Å². The first-order valence-electron chi connectivity index (χ1n) is 6.38. The number of aliphatic carboxylic acids is 1. The molecule has 20 heavy (non-hydrogen) atoms. The highest BCUT2D eigenvalue weighted by Crippen LogP contribution is 2.15. The number of carboxylic acids is 1. The summed E-state index contributed by atoms with van der Waals surface area (Å²) in [6.45, 7) is 8.03. The van der Waals surface area contributed by atoms with Gasteiger partial charge in [-0.3, -0.25) is 0 Å². The van der Waals surface area contributed by atoms with Crippen molar-refractivity contribution in [3.05, 3.63) is 0 Å². The molecule has 0 aliphatic rings. The zero-order chi connectivity index (χ0) is 16.1. The average Bonchev–Trinajstić information content (AvgIpc) is 2.23. The van der Waals surface area contributed by atoms with Gasteiger partial charge in [-0.2, -0.15) is 0 Å². The van der Waals surface area contributed by atoms with E-state index in [4.69, 9.17) is 5.11 Å². The molecule has 118 valence electrons. The molecule has 0 aliphatic heterocycles. The van der Waals surface area contributed by atoms with E-state index in [2.05, 4.69) is 10.6 Å². The van der Waals surface area contributed by atoms with Gasteiger partial charge in [0.15, 0.2) is 9.84 Å². The van der Waals surface area contributed by atoms with Crippen LogP contribution in [0.4, 0.5) is 4.79 Å². The summed E-state index contributed by atoms with van der Waals surface area (Å²) >= 11 is 0. The van der Waals surface area contributed by atoms with E-state index in [0.717, 1.165) is 0 Å². The lowest BCUT2D eigenvalue weighted by Gasteiger charge is -2.20. The van der Waals surface area contributed by atoms with Gasteiger partial charge in [0.2, 0.25) is 0 Å². The summed E-state index contributed by atoms with van der Waals surface area (Å²) in [4.78, 5) is 22.4. The molecule has 0 saturated carbocycles. The van der Waals surface area contributed by atoms with Crippen molar-refractivity contribution in [2.45, 2.75) is 45.4 Å². The molecule has 2 amide bonds. The Morgan fingerprint density at radius 1 is 1.20 bits per heavy atom. The van der Waals surface area contributed by atoms with Crippen LogP contribution in [0.3, 0.4) is 0 Å². The van der Waals surface area contributed by atoms with Crippen molar-refractivity contribution >= 4 is 21.8 Å². The summed E-state index contributed by atoms with van der Waals surface area (Å²) in [5.41, 5.74) is 0. The molecule has 0 bridgehead atoms. The molecule has 1 atom stereocenters. The molecular weight excluding hydrogens is 284 g/mol. The van der Waals surface area contributed by atoms with Crippen LogP contribution in [0.15, 0.2) is 0 Å². The van der Waals surface area contributed by atoms with Gasteiger partial charge in [-0.05, 0) is 26.7 Å². The summed E-state index contributed by atoms with van der Waals surface area (Å²) in [5.74, 6) is -1.59. The summed E-state index contributed by atoms with van der Waals surface area (Å²) in [7, 11) is -3.31. The molecule has 3 N–H and O–H groups in total. The second-order valence-corrected chi connectivity index (χ2v) is 8.75. The van der Waals surface area contributed by atoms with E-state index < -0.39 is 32.6 Å². The number of carbonyl (C=O) groups excluding carboxylic acids is 1. The molecule has 0 spiro atoms. The topological polar surface area (TPSA) is 113 Å². The Balaban J connectivity index is 4.36. The van der Waals surface area contributed by atoms with Crippen LogP contribution >= 0.6 is 0 Å². The van der Waals surface area contributed by atoms with Crippen LogP contribution in [-0.4, -0.2) is 48.6 Å². The van der Waals surface area contributed by atoms with E-state index in [9.17, 15) is 18.0 Å². The monoisotopic (exact) mass is 308 g/mol. The second kappa shape index (κ2) is 6.92. The van der Waals surface area contributed by atoms with Gasteiger partial charge in [0.25, 0.3) is 0 Å². The average molecular weight is 308 g/mol. The minimum absolute atomic E-state index is 0.0597. The smallest absolute Gasteiger partial charge is 0.326 e. The second-order valence-electron chi connectivity index (χ2n) is 5.89. The van der Waals surface area contributed by atoms with Gasteiger partial charge >= 0.3 is 12.0 Å². The van der Waals surface area contributed by atoms with Crippen molar-refractivity contribution in [1.82, 2.24) is 10.6 Å². The quantitative estimate of drug-likeness (QED) is 0.665. The summed E-state index contributed by atoms with van der Waals surface area (Å²) in [6.07, 6.45) is 0. The van der Waals surface area contributed by atoms with Gasteiger partial charge in [-0.15, -0.1) is 0 Å². The van der Waals surface area contributed by atoms with E-state index in [1.54, 1.807) is 34.6 Å². The molecule has 0 rings (SSSR count). The highest BCUT2D eigenvalue weighted by molar-refractivity contribution is 7.92. The maximum absolute atomic E-state index is 11.8. The molecular formula is C12H24N2O5S. The molecule has 1 unspecified atom stereocenters. The predicted octanol–water partition coefficient (Wildman–Crippen LogP) is 0.608. The summed E-state index contributed by atoms with van der Waals surface area (Å²) in [6, 6.07) is -1.69. The molecule has 7 nitrogen and oxygen atoms in total. The zero-order valence-corrected chi connectivity index (χ0v) is 13.4. The normalized spacial score (nSPS) is 13.9. The van der Waals surface area contributed by atoms with Gasteiger partial charge in [0.05, 0.1) is 10.5 Å². The number of hydrogen-bond donors (Lipinski definition) is 3. The van der Waals surface area contributed by atoms with Crippen molar-refractivity contribution in [3.8, 4) is 0 Å². The Labute approximate surface area is 120 Å². The van der Waals surface area contributed by atoms with Gasteiger partial charge in [-0.1, -0.05) is 13.8 Å². The number of rotatable bonds is 6. The number of nitrogens with one attached hydrogen (secondary N) is 2. The molecule has 0 fully saturated rings. The first-order chi connectivity index (χ1) is 8.88. The highest BCUT2D eigenvalue weighted by Gasteiger charge is 2.29. The Bertz CT molecular complexity index is 451. The molecule has 0 radical (unpaired) electrons. The minimum Gasteiger partial charge on any atom is -0.480 e. The van der Waals surface area contributed by atoms with Crippen molar-refractivity contribution in [3.63, 3.8) is 0 Å². The molecule has 0 aromatic rings. The predicted molar refractivity (Wildman–Crippen MR) is 76.3 cm³/mol. The van der Waals surface area contributed by atoms with E-state index in [0.29, 0.717) is 0 Å². The molecule has 0 saturated heterocycles. The molecule has 0 heterocycles. The Morgan fingerprint density at radius 2 is 1.70 bits per heavy atom. The summed E-state index contributed by atoms with van der Waals surface area (Å²) < 4.78 is 22.7. The fourth-order valence-electron chi connectivity index (χ4n) is 1.31. The molecule has 0 aliphatic carbocycles. The van der Waals surface area contributed by atoms with Crippen molar-refractivity contribution in [2.24, 2.45) is 5.92 Å². The first kappa shape index (κ1) is 18.7. The lowest BCUT2D eigenvalue weighted by atomic mass is 10.1. The number of urea groups is 1. The lowest BCUT2D eigenvalue weighted by Crippen LogP contribution is -2.49. The largest absolute Gasteiger partial charge is 0.480 e. The Hall–Kier alpha value is -1.31. The number of hydrogen-bond acceptors (Lipinski definition) is 4. The van der Waals surface area contributed by atoms with Gasteiger partial charge in [-0.25, -0.2) is 18.0 Å². The third-order valence-electron chi connectivity index (χ3n) is 2.81. The van der Waals surface area contributed by atoms with Crippen molar-refractivity contribution in [2.75, 3.05) is 12.3 Å². The van der Waals surface area contributed by atoms with Crippen LogP contribution in [0.2, 0.25) is 0 Å². The minimum atomic E-state index is -3.31. The maximum Gasteiger partial charge on any atom is 0.326 e. The van der Waals surface area contributed by atoms with Crippen LogP contribution < -0.4 is 10.6 Å². The van der Waals surface area contributed by atoms with Crippen LogP contribution in [0, 0.1) is 5.92 Å². The molecule has 0 aromatic heterocycles. The SMILES string of the molecule is CC(C)C(NC(=O)NCCS(=O)(=O)C(C)(C)C)C(=O)O. The highest BCUT2D eigenvalue weighted by atomic mass is 32.2. The molecule has 0 aromatic carbocycles. The summed E-state index contributed by atoms with van der Waals surface area (Å²) in [5, 5.41) is 13.6. The lowest BCUT2D eigenvalue weighted by molar-refractivity contribution is -0.140. The third-order valence-corrected chi connectivity index (χ3v) is 5.42. The maximum atomic E-state index is 11.8. The van der Waals surface area contributed by atoms with E-state index in [1.165, 1.54) is 0 Å². The van der Waals surface area contributed by atoms with E-state index in [-0.39, 0.29) is 18.2 Å². The van der Waals surface area contributed by atoms with Gasteiger partial charge in [0.1, 0.15) is 6.04 Å². The van der Waals surface area contributed by atoms with Crippen LogP contribution in [0.5, 0.6) is 0 Å². The number of carboxylic acid groups (broad SMARTS) is 1. The van der Waals surface area contributed by atoms with Crippen molar-refractivity contribution < 1.29 is 23.1 Å². The van der Waals surface area contributed by atoms with Crippen LogP contribution in [-0.2, 0) is 14.6 Å². The Morgan fingerprint density at radius 3 is 2.05 bits per heavy atom. The molecule has 8 heteroatoms. The van der Waals surface area contributed by atoms with Gasteiger partial charge in [0, 0.05) is 6.54 Å². The van der Waals surface area contributed by atoms with E-state index >= 15 is 0 Å². The number of sulfone groups is 1. The van der Waals surface area contributed by atoms with Crippen LogP contribution in [0.25, 0.3) is 0 Å². The number of amides is 2. The fourth-order valence-corrected chi connectivity index (χ4v) is 2.29. The number of carbonyl (C=O) groups is 2. The third kappa shape index (κ3) is 5.77. The standard InChI is InChI=1S/C12H24N2O5S/c1-8(2)9(10(15)16)14-11(17)13-6-7-20(18,19)12(3,4)5/h8-9H,6-7H2,1-5H3,(H,15,16)(H2,13,14,17).